The first-order valence-corrected chi connectivity index (χ1v) is 12.3. The topological polar surface area (TPSA) is 128 Å². The van der Waals surface area contributed by atoms with Gasteiger partial charge in [0.2, 0.25) is 5.91 Å². The molecule has 3 heterocycles. The Morgan fingerprint density at radius 1 is 1.31 bits per heavy atom. The van der Waals surface area contributed by atoms with E-state index in [9.17, 15) is 14.9 Å². The molecule has 1 fully saturated rings. The van der Waals surface area contributed by atoms with Crippen molar-refractivity contribution < 1.29 is 14.5 Å². The number of nitro groups is 1. The maximum atomic E-state index is 12.7. The van der Waals surface area contributed by atoms with Gasteiger partial charge in [-0.3, -0.25) is 19.5 Å². The highest BCUT2D eigenvalue weighted by Gasteiger charge is 2.23. The number of fused-ring (bicyclic) bond motifs is 1. The Kier molecular flexibility index (Phi) is 6.51. The molecular weight excluding hydrogens is 468 g/mol. The van der Waals surface area contributed by atoms with Crippen LogP contribution in [-0.2, 0) is 16.1 Å². The highest BCUT2D eigenvalue weighted by molar-refractivity contribution is 7.99. The lowest BCUT2D eigenvalue weighted by Crippen LogP contribution is -2.18. The van der Waals surface area contributed by atoms with Gasteiger partial charge in [-0.15, -0.1) is 10.2 Å². The molecule has 1 aliphatic heterocycles. The number of nitrogens with one attached hydrogen (secondary N) is 2. The molecule has 0 saturated carbocycles. The fourth-order valence-electron chi connectivity index (χ4n) is 4.18. The number of carbonyl (C=O) groups is 1. The number of aromatic amines is 1. The summed E-state index contributed by atoms with van der Waals surface area (Å²) in [6.45, 7) is 3.12. The van der Waals surface area contributed by atoms with Crippen LogP contribution in [0, 0.1) is 17.0 Å². The molecule has 0 aliphatic carbocycles. The number of hydrogen-bond acceptors (Lipinski definition) is 7. The number of anilines is 1. The largest absolute Gasteiger partial charge is 0.376 e. The van der Waals surface area contributed by atoms with Crippen LogP contribution in [-0.4, -0.2) is 49.0 Å². The summed E-state index contributed by atoms with van der Waals surface area (Å²) in [5.41, 5.74) is 3.05. The summed E-state index contributed by atoms with van der Waals surface area (Å²) >= 11 is 1.28. The average Bonchev–Trinajstić information content (AvgIpc) is 3.59. The van der Waals surface area contributed by atoms with Gasteiger partial charge in [-0.05, 0) is 31.4 Å². The van der Waals surface area contributed by atoms with Crippen LogP contribution < -0.4 is 5.32 Å². The van der Waals surface area contributed by atoms with Crippen molar-refractivity contribution in [2.75, 3.05) is 17.7 Å². The van der Waals surface area contributed by atoms with E-state index < -0.39 is 4.92 Å². The average molecular weight is 493 g/mol. The number of H-pyrrole nitrogens is 1. The van der Waals surface area contributed by atoms with Crippen molar-refractivity contribution in [2.45, 2.75) is 37.6 Å². The Morgan fingerprint density at radius 3 is 2.97 bits per heavy atom. The van der Waals surface area contributed by atoms with Gasteiger partial charge < -0.3 is 15.0 Å². The van der Waals surface area contributed by atoms with Crippen LogP contribution in [0.4, 0.5) is 11.4 Å². The number of aromatic nitrogens is 4. The van der Waals surface area contributed by atoms with Gasteiger partial charge in [0.15, 0.2) is 11.0 Å². The van der Waals surface area contributed by atoms with Gasteiger partial charge in [0.25, 0.3) is 5.69 Å². The fourth-order valence-corrected chi connectivity index (χ4v) is 4.93. The highest BCUT2D eigenvalue weighted by atomic mass is 32.2. The summed E-state index contributed by atoms with van der Waals surface area (Å²) in [7, 11) is 0. The molecule has 10 nitrogen and oxygen atoms in total. The number of ether oxygens (including phenoxy) is 1. The van der Waals surface area contributed by atoms with E-state index in [2.05, 4.69) is 20.5 Å². The van der Waals surface area contributed by atoms with E-state index in [0.717, 1.165) is 47.3 Å². The maximum absolute atomic E-state index is 12.7. The molecule has 2 N–H and O–H groups in total. The molecule has 1 amide bonds. The number of nitro benzene ring substituents is 1. The Hall–Kier alpha value is -3.70. The number of carbonyl (C=O) groups excluding carboxylic acids is 1. The molecule has 1 atom stereocenters. The molecule has 1 saturated heterocycles. The number of aryl methyl sites for hydroxylation is 1. The minimum atomic E-state index is -0.482. The van der Waals surface area contributed by atoms with Crippen LogP contribution in [0.2, 0.25) is 0 Å². The van der Waals surface area contributed by atoms with Crippen molar-refractivity contribution in [1.82, 2.24) is 19.7 Å². The predicted octanol–water partition coefficient (Wildman–Crippen LogP) is 4.55. The maximum Gasteiger partial charge on any atom is 0.271 e. The van der Waals surface area contributed by atoms with Crippen LogP contribution in [0.3, 0.4) is 0 Å². The Morgan fingerprint density at radius 2 is 2.17 bits per heavy atom. The minimum Gasteiger partial charge on any atom is -0.376 e. The summed E-state index contributed by atoms with van der Waals surface area (Å²) in [5.74, 6) is 0.522. The third kappa shape index (κ3) is 4.91. The first-order valence-electron chi connectivity index (χ1n) is 11.3. The van der Waals surface area contributed by atoms with Crippen molar-refractivity contribution in [1.29, 1.82) is 0 Å². The van der Waals surface area contributed by atoms with E-state index in [1.54, 1.807) is 13.0 Å². The number of rotatable bonds is 8. The quantitative estimate of drug-likeness (QED) is 0.210. The molecular formula is C24H24N6O4S. The van der Waals surface area contributed by atoms with Crippen molar-refractivity contribution in [2.24, 2.45) is 0 Å². The van der Waals surface area contributed by atoms with E-state index in [0.29, 0.717) is 17.4 Å². The van der Waals surface area contributed by atoms with Crippen LogP contribution in [0.25, 0.3) is 22.3 Å². The third-order valence-electron chi connectivity index (χ3n) is 6.00. The number of para-hydroxylation sites is 1. The Labute approximate surface area is 205 Å². The Balaban J connectivity index is 1.37. The van der Waals surface area contributed by atoms with Gasteiger partial charge in [-0.1, -0.05) is 36.0 Å². The number of hydrogen-bond donors (Lipinski definition) is 2. The van der Waals surface area contributed by atoms with Gasteiger partial charge in [0.05, 0.1) is 29.0 Å². The Bertz CT molecular complexity index is 1390. The lowest BCUT2D eigenvalue weighted by Gasteiger charge is -2.14. The number of thioether (sulfide) groups is 1. The second-order valence-electron chi connectivity index (χ2n) is 8.39. The van der Waals surface area contributed by atoms with Gasteiger partial charge >= 0.3 is 0 Å². The molecule has 0 radical (unpaired) electrons. The standard InChI is InChI=1S/C24H24N6O4S/c1-15-8-9-16(30(32)33)11-21(15)26-22(31)14-35-24-28-27-23(29(24)13-17-5-4-10-34-17)19-12-25-20-7-3-2-6-18(19)20/h2-3,6-9,11-12,17,25H,4-5,10,13-14H2,1H3,(H,26,31). The minimum absolute atomic E-state index is 0.0654. The molecule has 0 bridgehead atoms. The molecule has 2 aromatic carbocycles. The van der Waals surface area contributed by atoms with Gasteiger partial charge in [0, 0.05) is 41.4 Å². The smallest absolute Gasteiger partial charge is 0.271 e. The zero-order valence-electron chi connectivity index (χ0n) is 19.1. The van der Waals surface area contributed by atoms with E-state index >= 15 is 0 Å². The molecule has 1 unspecified atom stereocenters. The molecule has 0 spiro atoms. The van der Waals surface area contributed by atoms with Gasteiger partial charge in [-0.2, -0.15) is 0 Å². The molecule has 1 aliphatic rings. The fraction of sp³-hybridized carbons (Fsp3) is 0.292. The lowest BCUT2D eigenvalue weighted by atomic mass is 10.1. The van der Waals surface area contributed by atoms with Crippen molar-refractivity contribution >= 4 is 39.9 Å². The zero-order chi connectivity index (χ0) is 24.4. The summed E-state index contributed by atoms with van der Waals surface area (Å²) in [6, 6.07) is 12.4. The predicted molar refractivity (Wildman–Crippen MR) is 133 cm³/mol. The molecule has 2 aromatic heterocycles. The van der Waals surface area contributed by atoms with Crippen molar-refractivity contribution in [3.8, 4) is 11.4 Å². The lowest BCUT2D eigenvalue weighted by molar-refractivity contribution is -0.384. The summed E-state index contributed by atoms with van der Waals surface area (Å²) < 4.78 is 7.88. The third-order valence-corrected chi connectivity index (χ3v) is 6.96. The van der Waals surface area contributed by atoms with E-state index in [-0.39, 0.29) is 23.5 Å². The van der Waals surface area contributed by atoms with Gasteiger partial charge in [0.1, 0.15) is 0 Å². The second-order valence-corrected chi connectivity index (χ2v) is 9.34. The number of nitrogens with zero attached hydrogens (tertiary/aromatic N) is 4. The summed E-state index contributed by atoms with van der Waals surface area (Å²) in [4.78, 5) is 26.6. The number of non-ortho nitro benzene ring substituents is 1. The highest BCUT2D eigenvalue weighted by Crippen LogP contribution is 2.31. The summed E-state index contributed by atoms with van der Waals surface area (Å²) in [5, 5.41) is 24.4. The number of amides is 1. The SMILES string of the molecule is Cc1ccc([N+](=O)[O-])cc1NC(=O)CSc1nnc(-c2c[nH]c3ccccc23)n1CC1CCCO1. The first kappa shape index (κ1) is 23.1. The van der Waals surface area contributed by atoms with E-state index in [1.807, 2.05) is 35.0 Å². The number of benzene rings is 2. The molecule has 11 heteroatoms. The van der Waals surface area contributed by atoms with Crippen molar-refractivity contribution in [3.63, 3.8) is 0 Å². The molecule has 5 rings (SSSR count). The zero-order valence-corrected chi connectivity index (χ0v) is 19.9. The van der Waals surface area contributed by atoms with Crippen LogP contribution in [0.5, 0.6) is 0 Å². The van der Waals surface area contributed by atoms with Crippen LogP contribution in [0.15, 0.2) is 53.8 Å². The van der Waals surface area contributed by atoms with Crippen LogP contribution in [0.1, 0.15) is 18.4 Å². The molecule has 35 heavy (non-hydrogen) atoms. The molecule has 180 valence electrons. The first-order chi connectivity index (χ1) is 17.0. The normalized spacial score (nSPS) is 15.5. The van der Waals surface area contributed by atoms with Crippen molar-refractivity contribution in [3.05, 3.63) is 64.3 Å². The second kappa shape index (κ2) is 9.88. The van der Waals surface area contributed by atoms with Gasteiger partial charge in [-0.25, -0.2) is 0 Å². The monoisotopic (exact) mass is 492 g/mol. The van der Waals surface area contributed by atoms with Crippen LogP contribution >= 0.6 is 11.8 Å². The van der Waals surface area contributed by atoms with E-state index in [1.165, 1.54) is 23.9 Å². The van der Waals surface area contributed by atoms with E-state index in [4.69, 9.17) is 4.74 Å². The molecule has 4 aromatic rings. The summed E-state index contributed by atoms with van der Waals surface area (Å²) in [6.07, 6.45) is 3.97.